The maximum Gasteiger partial charge on any atom is 0.129 e. The number of nitrogens with one attached hydrogen (secondary N) is 1. The monoisotopic (exact) mass is 296 g/mol. The van der Waals surface area contributed by atoms with Gasteiger partial charge in [-0.05, 0) is 38.1 Å². The molecule has 2 heterocycles. The molecule has 0 radical (unpaired) electrons. The fourth-order valence-electron chi connectivity index (χ4n) is 2.97. The van der Waals surface area contributed by atoms with Crippen LogP contribution in [0.1, 0.15) is 35.2 Å². The van der Waals surface area contributed by atoms with E-state index in [4.69, 9.17) is 10.00 Å². The van der Waals surface area contributed by atoms with E-state index in [0.717, 1.165) is 35.9 Å². The second kappa shape index (κ2) is 5.82. The van der Waals surface area contributed by atoms with Gasteiger partial charge in [0.25, 0.3) is 0 Å². The van der Waals surface area contributed by atoms with E-state index in [1.165, 1.54) is 0 Å². The molecule has 1 aliphatic heterocycles. The zero-order valence-corrected chi connectivity index (χ0v) is 13.1. The molecular weight excluding hydrogens is 276 g/mol. The summed E-state index contributed by atoms with van der Waals surface area (Å²) in [6.07, 6.45) is 1.09. The van der Waals surface area contributed by atoms with Crippen molar-refractivity contribution in [2.24, 2.45) is 0 Å². The molecule has 0 unspecified atom stereocenters. The maximum absolute atomic E-state index is 8.94. The van der Waals surface area contributed by atoms with Gasteiger partial charge in [0.05, 0.1) is 29.5 Å². The van der Waals surface area contributed by atoms with Crippen LogP contribution in [-0.4, -0.2) is 29.7 Å². The number of aromatic amines is 1. The Balaban J connectivity index is 1.93. The lowest BCUT2D eigenvalue weighted by atomic mass is 10.1. The highest BCUT2D eigenvalue weighted by atomic mass is 16.5. The van der Waals surface area contributed by atoms with Crippen LogP contribution in [-0.2, 0) is 4.74 Å². The van der Waals surface area contributed by atoms with Crippen molar-refractivity contribution >= 4 is 5.69 Å². The Labute approximate surface area is 130 Å². The molecule has 0 spiro atoms. The number of aryl methyl sites for hydroxylation is 2. The van der Waals surface area contributed by atoms with Crippen LogP contribution in [0, 0.1) is 25.2 Å². The number of hydrogen-bond donors (Lipinski definition) is 1. The highest BCUT2D eigenvalue weighted by molar-refractivity contribution is 5.52. The lowest BCUT2D eigenvalue weighted by molar-refractivity contribution is 0.118. The van der Waals surface area contributed by atoms with Gasteiger partial charge < -0.3 is 14.6 Å². The highest BCUT2D eigenvalue weighted by Crippen LogP contribution is 2.36. The smallest absolute Gasteiger partial charge is 0.129 e. The van der Waals surface area contributed by atoms with Crippen LogP contribution < -0.4 is 4.90 Å². The number of benzene rings is 1. The van der Waals surface area contributed by atoms with Gasteiger partial charge >= 0.3 is 0 Å². The van der Waals surface area contributed by atoms with E-state index in [1.807, 2.05) is 38.1 Å². The molecule has 2 atom stereocenters. The fourth-order valence-corrected chi connectivity index (χ4v) is 2.97. The summed E-state index contributed by atoms with van der Waals surface area (Å²) >= 11 is 0. The van der Waals surface area contributed by atoms with Crippen LogP contribution in [0.25, 0.3) is 0 Å². The standard InChI is InChI=1S/C17H20N4O/c1-11-12(2)20-17(19-11)16-8-15(22-3)10-21(16)14-6-4-13(9-18)5-7-14/h4-7,15-16H,8,10H2,1-3H3,(H,19,20)/t15-,16+/m1/s1. The van der Waals surface area contributed by atoms with Crippen LogP contribution >= 0.6 is 0 Å². The Kier molecular flexibility index (Phi) is 3.86. The summed E-state index contributed by atoms with van der Waals surface area (Å²) in [7, 11) is 1.75. The van der Waals surface area contributed by atoms with Crippen LogP contribution in [0.4, 0.5) is 5.69 Å². The van der Waals surface area contributed by atoms with Crippen LogP contribution in [0.5, 0.6) is 0 Å². The van der Waals surface area contributed by atoms with Gasteiger partial charge in [0.2, 0.25) is 0 Å². The van der Waals surface area contributed by atoms with Gasteiger partial charge in [0, 0.05) is 31.5 Å². The van der Waals surface area contributed by atoms with Crippen molar-refractivity contribution in [3.63, 3.8) is 0 Å². The molecule has 0 amide bonds. The molecule has 0 bridgehead atoms. The van der Waals surface area contributed by atoms with Crippen molar-refractivity contribution in [2.75, 3.05) is 18.6 Å². The highest BCUT2D eigenvalue weighted by Gasteiger charge is 2.35. The van der Waals surface area contributed by atoms with Crippen molar-refractivity contribution in [3.05, 3.63) is 47.0 Å². The van der Waals surface area contributed by atoms with Crippen molar-refractivity contribution in [2.45, 2.75) is 32.4 Å². The Morgan fingerprint density at radius 3 is 2.59 bits per heavy atom. The van der Waals surface area contributed by atoms with E-state index in [2.05, 4.69) is 20.9 Å². The lowest BCUT2D eigenvalue weighted by Gasteiger charge is -2.25. The number of ether oxygens (including phenoxy) is 1. The number of imidazole rings is 1. The molecule has 0 aliphatic carbocycles. The van der Waals surface area contributed by atoms with Gasteiger partial charge in [-0.3, -0.25) is 0 Å². The first-order valence-electron chi connectivity index (χ1n) is 7.45. The van der Waals surface area contributed by atoms with E-state index in [1.54, 1.807) is 7.11 Å². The number of H-pyrrole nitrogens is 1. The summed E-state index contributed by atoms with van der Waals surface area (Å²) in [6, 6.07) is 10.0. The van der Waals surface area contributed by atoms with Gasteiger partial charge in [-0.15, -0.1) is 0 Å². The molecule has 114 valence electrons. The lowest BCUT2D eigenvalue weighted by Crippen LogP contribution is -2.25. The topological polar surface area (TPSA) is 64.9 Å². The molecule has 0 saturated carbocycles. The Bertz CT molecular complexity index is 679. The van der Waals surface area contributed by atoms with Gasteiger partial charge in [0.15, 0.2) is 0 Å². The largest absolute Gasteiger partial charge is 0.380 e. The first-order chi connectivity index (χ1) is 10.6. The number of hydrogen-bond acceptors (Lipinski definition) is 4. The van der Waals surface area contributed by atoms with E-state index in [9.17, 15) is 0 Å². The first kappa shape index (κ1) is 14.6. The minimum atomic E-state index is 0.172. The van der Waals surface area contributed by atoms with E-state index < -0.39 is 0 Å². The number of methoxy groups -OCH3 is 1. The third-order valence-corrected chi connectivity index (χ3v) is 4.39. The normalized spacial score (nSPS) is 21.1. The molecule has 1 aromatic heterocycles. The van der Waals surface area contributed by atoms with Crippen molar-refractivity contribution in [1.82, 2.24) is 9.97 Å². The Morgan fingerprint density at radius 2 is 2.05 bits per heavy atom. The maximum atomic E-state index is 8.94. The first-order valence-corrected chi connectivity index (χ1v) is 7.45. The summed E-state index contributed by atoms with van der Waals surface area (Å²) in [4.78, 5) is 10.4. The Hall–Kier alpha value is -2.32. The van der Waals surface area contributed by atoms with Crippen molar-refractivity contribution < 1.29 is 4.74 Å². The van der Waals surface area contributed by atoms with Crippen LogP contribution in [0.15, 0.2) is 24.3 Å². The number of rotatable bonds is 3. The van der Waals surface area contributed by atoms with Crippen LogP contribution in [0.3, 0.4) is 0 Å². The second-order valence-electron chi connectivity index (χ2n) is 5.75. The average molecular weight is 296 g/mol. The zero-order valence-electron chi connectivity index (χ0n) is 13.1. The van der Waals surface area contributed by atoms with Gasteiger partial charge in [-0.25, -0.2) is 4.98 Å². The number of nitrogens with zero attached hydrogens (tertiary/aromatic N) is 3. The van der Waals surface area contributed by atoms with Gasteiger partial charge in [0.1, 0.15) is 5.82 Å². The quantitative estimate of drug-likeness (QED) is 0.946. The van der Waals surface area contributed by atoms with Crippen molar-refractivity contribution in [1.29, 1.82) is 5.26 Å². The van der Waals surface area contributed by atoms with Crippen molar-refractivity contribution in [3.8, 4) is 6.07 Å². The molecule has 5 heteroatoms. The molecular formula is C17H20N4O. The molecule has 1 saturated heterocycles. The summed E-state index contributed by atoms with van der Waals surface area (Å²) in [6.45, 7) is 4.89. The Morgan fingerprint density at radius 1 is 1.32 bits per heavy atom. The summed E-state index contributed by atoms with van der Waals surface area (Å²) in [5.41, 5.74) is 3.91. The van der Waals surface area contributed by atoms with Crippen LogP contribution in [0.2, 0.25) is 0 Å². The third-order valence-electron chi connectivity index (χ3n) is 4.39. The number of nitriles is 1. The number of anilines is 1. The summed E-state index contributed by atoms with van der Waals surface area (Å²) in [5, 5.41) is 8.94. The number of aromatic nitrogens is 2. The zero-order chi connectivity index (χ0) is 15.7. The molecule has 5 nitrogen and oxygen atoms in total. The van der Waals surface area contributed by atoms with E-state index in [-0.39, 0.29) is 12.1 Å². The second-order valence-corrected chi connectivity index (χ2v) is 5.75. The van der Waals surface area contributed by atoms with E-state index in [0.29, 0.717) is 5.56 Å². The van der Waals surface area contributed by atoms with Gasteiger partial charge in [-0.2, -0.15) is 5.26 Å². The minimum absolute atomic E-state index is 0.172. The SMILES string of the molecule is CO[C@@H]1C[C@@H](c2nc(C)c(C)[nH]2)N(c2ccc(C#N)cc2)C1. The molecule has 22 heavy (non-hydrogen) atoms. The predicted molar refractivity (Wildman–Crippen MR) is 84.7 cm³/mol. The minimum Gasteiger partial charge on any atom is -0.380 e. The van der Waals surface area contributed by atoms with Gasteiger partial charge in [-0.1, -0.05) is 0 Å². The average Bonchev–Trinajstić information content (AvgIpc) is 3.11. The molecule has 3 rings (SSSR count). The molecule has 2 aromatic rings. The fraction of sp³-hybridized carbons (Fsp3) is 0.412. The molecule has 1 aromatic carbocycles. The molecule has 1 N–H and O–H groups in total. The summed E-state index contributed by atoms with van der Waals surface area (Å²) in [5.74, 6) is 0.985. The summed E-state index contributed by atoms with van der Waals surface area (Å²) < 4.78 is 5.56. The molecule has 1 fully saturated rings. The predicted octanol–water partition coefficient (Wildman–Crippen LogP) is 2.86. The molecule has 1 aliphatic rings. The third kappa shape index (κ3) is 2.58. The van der Waals surface area contributed by atoms with E-state index >= 15 is 0 Å².